The van der Waals surface area contributed by atoms with Crippen LogP contribution in [0.4, 0.5) is 17.5 Å². The third-order valence-corrected chi connectivity index (χ3v) is 6.72. The number of nitrogens with one attached hydrogen (secondary N) is 2. The molecule has 0 saturated carbocycles. The van der Waals surface area contributed by atoms with Crippen molar-refractivity contribution in [1.29, 1.82) is 5.26 Å². The number of hydrogen-bond acceptors (Lipinski definition) is 8. The van der Waals surface area contributed by atoms with Crippen LogP contribution in [-0.2, 0) is 10.4 Å². The first kappa shape index (κ1) is 21.4. The van der Waals surface area contributed by atoms with Gasteiger partial charge in [-0.25, -0.2) is 4.98 Å². The van der Waals surface area contributed by atoms with E-state index in [9.17, 15) is 5.26 Å². The molecule has 1 atom stereocenters. The van der Waals surface area contributed by atoms with Crippen LogP contribution < -0.4 is 20.3 Å². The summed E-state index contributed by atoms with van der Waals surface area (Å²) in [6.45, 7) is 7.06. The monoisotopic (exact) mass is 466 g/mol. The molecule has 0 aliphatic carbocycles. The molecule has 0 spiro atoms. The summed E-state index contributed by atoms with van der Waals surface area (Å²) >= 11 is 0. The van der Waals surface area contributed by atoms with E-state index in [1.54, 1.807) is 0 Å². The summed E-state index contributed by atoms with van der Waals surface area (Å²) in [5.41, 5.74) is 0.900. The quantitative estimate of drug-likeness (QED) is 0.451. The molecule has 2 aromatic carbocycles. The maximum absolute atomic E-state index is 10.2. The standard InChI is InChI=1S/C27H26N6O2/c1-3-35-22-15-20-21(16-28)26(33-10-12-34-13-11-33)30-25-23(20)24(29-22)31-27(2,32-25)19-9-8-17-6-4-5-7-18(17)14-19/h4-9,14-15H,3,10-13H2,1-2H3,(H,29,31)(H,30,32). The van der Waals surface area contributed by atoms with Gasteiger partial charge >= 0.3 is 0 Å². The molecule has 2 aliphatic rings. The Hall–Kier alpha value is -4.09. The van der Waals surface area contributed by atoms with Crippen LogP contribution >= 0.6 is 0 Å². The number of ether oxygens (including phenoxy) is 2. The number of fused-ring (bicyclic) bond motifs is 1. The van der Waals surface area contributed by atoms with Crippen LogP contribution in [0, 0.1) is 11.3 Å². The van der Waals surface area contributed by atoms with E-state index in [1.807, 2.05) is 25.1 Å². The Morgan fingerprint density at radius 1 is 1.06 bits per heavy atom. The number of benzene rings is 2. The second kappa shape index (κ2) is 8.29. The summed E-state index contributed by atoms with van der Waals surface area (Å²) in [4.78, 5) is 11.9. The van der Waals surface area contributed by atoms with Crippen molar-refractivity contribution in [2.75, 3.05) is 48.4 Å². The van der Waals surface area contributed by atoms with Gasteiger partial charge in [0.2, 0.25) is 5.88 Å². The third-order valence-electron chi connectivity index (χ3n) is 6.72. The molecule has 176 valence electrons. The summed E-state index contributed by atoms with van der Waals surface area (Å²) < 4.78 is 11.3. The van der Waals surface area contributed by atoms with E-state index in [0.29, 0.717) is 61.8 Å². The molecule has 35 heavy (non-hydrogen) atoms. The molecule has 6 rings (SSSR count). The van der Waals surface area contributed by atoms with Gasteiger partial charge in [0.05, 0.1) is 25.2 Å². The first-order valence-electron chi connectivity index (χ1n) is 11.9. The first-order valence-corrected chi connectivity index (χ1v) is 11.9. The predicted octanol–water partition coefficient (Wildman–Crippen LogP) is 4.60. The zero-order valence-corrected chi connectivity index (χ0v) is 19.8. The van der Waals surface area contributed by atoms with Crippen molar-refractivity contribution in [2.45, 2.75) is 19.5 Å². The normalized spacial score (nSPS) is 19.2. The molecular formula is C27H26N6O2. The van der Waals surface area contributed by atoms with Crippen molar-refractivity contribution in [1.82, 2.24) is 9.97 Å². The van der Waals surface area contributed by atoms with E-state index < -0.39 is 5.66 Å². The number of nitriles is 1. The van der Waals surface area contributed by atoms with Crippen molar-refractivity contribution in [3.05, 3.63) is 59.7 Å². The Bertz CT molecular complexity index is 1490. The van der Waals surface area contributed by atoms with Crippen LogP contribution in [0.15, 0.2) is 48.5 Å². The average Bonchev–Trinajstić information content (AvgIpc) is 2.88. The maximum atomic E-state index is 10.2. The number of pyridine rings is 2. The molecule has 4 aromatic rings. The summed E-state index contributed by atoms with van der Waals surface area (Å²) in [7, 11) is 0. The smallest absolute Gasteiger partial charge is 0.215 e. The number of anilines is 3. The fourth-order valence-electron chi connectivity index (χ4n) is 4.96. The number of aromatic nitrogens is 2. The predicted molar refractivity (Wildman–Crippen MR) is 137 cm³/mol. The molecule has 0 amide bonds. The minimum atomic E-state index is -0.675. The largest absolute Gasteiger partial charge is 0.478 e. The molecule has 1 saturated heterocycles. The van der Waals surface area contributed by atoms with Crippen LogP contribution in [0.25, 0.3) is 21.5 Å². The Labute approximate surface area is 203 Å². The van der Waals surface area contributed by atoms with Crippen molar-refractivity contribution < 1.29 is 9.47 Å². The van der Waals surface area contributed by atoms with Crippen LogP contribution in [0.2, 0.25) is 0 Å². The van der Waals surface area contributed by atoms with E-state index in [4.69, 9.17) is 19.4 Å². The molecule has 8 heteroatoms. The zero-order valence-electron chi connectivity index (χ0n) is 19.8. The first-order chi connectivity index (χ1) is 17.1. The Balaban J connectivity index is 1.55. The average molecular weight is 467 g/mol. The van der Waals surface area contributed by atoms with Gasteiger partial charge in [0, 0.05) is 24.5 Å². The van der Waals surface area contributed by atoms with Crippen LogP contribution in [0.1, 0.15) is 25.0 Å². The second-order valence-electron chi connectivity index (χ2n) is 8.97. The van der Waals surface area contributed by atoms with Gasteiger partial charge in [0.25, 0.3) is 0 Å². The van der Waals surface area contributed by atoms with Crippen LogP contribution in [0.3, 0.4) is 0 Å². The molecule has 1 unspecified atom stereocenters. The SMILES string of the molecule is CCOc1cc2c(C#N)c(N3CCOCC3)nc3c2c(n1)NC(C)(c1ccc2ccccc2c1)N3. The summed E-state index contributed by atoms with van der Waals surface area (Å²) in [6, 6.07) is 19.0. The molecule has 0 bridgehead atoms. The van der Waals surface area contributed by atoms with E-state index in [0.717, 1.165) is 21.7 Å². The number of nitrogens with zero attached hydrogens (tertiary/aromatic N) is 4. The van der Waals surface area contributed by atoms with Gasteiger partial charge in [-0.15, -0.1) is 0 Å². The lowest BCUT2D eigenvalue weighted by Crippen LogP contribution is -2.43. The van der Waals surface area contributed by atoms with Gasteiger partial charge in [-0.05, 0) is 36.2 Å². The van der Waals surface area contributed by atoms with Crippen LogP contribution in [-0.4, -0.2) is 42.9 Å². The molecule has 0 radical (unpaired) electrons. The fraction of sp³-hybridized carbons (Fsp3) is 0.296. The number of hydrogen-bond donors (Lipinski definition) is 2. The number of rotatable bonds is 4. The van der Waals surface area contributed by atoms with Gasteiger partial charge < -0.3 is 25.0 Å². The highest BCUT2D eigenvalue weighted by Gasteiger charge is 2.36. The minimum Gasteiger partial charge on any atom is -0.478 e. The zero-order chi connectivity index (χ0) is 24.0. The molecule has 4 heterocycles. The fourth-order valence-corrected chi connectivity index (χ4v) is 4.96. The van der Waals surface area contributed by atoms with E-state index in [-0.39, 0.29) is 0 Å². The molecule has 8 nitrogen and oxygen atoms in total. The third kappa shape index (κ3) is 3.56. The van der Waals surface area contributed by atoms with Crippen molar-refractivity contribution in [2.24, 2.45) is 0 Å². The van der Waals surface area contributed by atoms with Crippen molar-refractivity contribution in [3.8, 4) is 11.9 Å². The van der Waals surface area contributed by atoms with Gasteiger partial charge in [-0.2, -0.15) is 10.2 Å². The molecule has 2 aromatic heterocycles. The molecular weight excluding hydrogens is 440 g/mol. The Morgan fingerprint density at radius 2 is 1.80 bits per heavy atom. The van der Waals surface area contributed by atoms with E-state index in [1.165, 1.54) is 5.39 Å². The van der Waals surface area contributed by atoms with Crippen LogP contribution in [0.5, 0.6) is 5.88 Å². The Kier molecular flexibility index (Phi) is 5.08. The van der Waals surface area contributed by atoms with E-state index >= 15 is 0 Å². The lowest BCUT2D eigenvalue weighted by molar-refractivity contribution is 0.122. The Morgan fingerprint density at radius 3 is 2.54 bits per heavy atom. The molecule has 1 fully saturated rings. The summed E-state index contributed by atoms with van der Waals surface area (Å²) in [6.07, 6.45) is 0. The van der Waals surface area contributed by atoms with Gasteiger partial charge in [0.1, 0.15) is 34.7 Å². The molecule has 2 aliphatic heterocycles. The maximum Gasteiger partial charge on any atom is 0.215 e. The number of morpholine rings is 1. The van der Waals surface area contributed by atoms with Gasteiger partial charge in [0.15, 0.2) is 0 Å². The topological polar surface area (TPSA) is 95.3 Å². The van der Waals surface area contributed by atoms with Gasteiger partial charge in [-0.3, -0.25) is 0 Å². The highest BCUT2D eigenvalue weighted by Crippen LogP contribution is 2.44. The second-order valence-corrected chi connectivity index (χ2v) is 8.97. The minimum absolute atomic E-state index is 0.479. The lowest BCUT2D eigenvalue weighted by Gasteiger charge is -2.39. The highest BCUT2D eigenvalue weighted by molar-refractivity contribution is 6.07. The van der Waals surface area contributed by atoms with Crippen molar-refractivity contribution >= 4 is 39.0 Å². The lowest BCUT2D eigenvalue weighted by atomic mass is 9.95. The van der Waals surface area contributed by atoms with E-state index in [2.05, 4.69) is 58.9 Å². The van der Waals surface area contributed by atoms with Gasteiger partial charge in [-0.1, -0.05) is 36.4 Å². The summed E-state index contributed by atoms with van der Waals surface area (Å²) in [5.74, 6) is 2.48. The van der Waals surface area contributed by atoms with Crippen molar-refractivity contribution in [3.63, 3.8) is 0 Å². The molecule has 2 N–H and O–H groups in total. The highest BCUT2D eigenvalue weighted by atomic mass is 16.5. The summed E-state index contributed by atoms with van der Waals surface area (Å²) in [5, 5.41) is 21.3.